The molecule has 1 rings (SSSR count). The van der Waals surface area contributed by atoms with Gasteiger partial charge in [-0.25, -0.2) is 0 Å². The van der Waals surface area contributed by atoms with E-state index in [1.807, 2.05) is 32.9 Å². The lowest BCUT2D eigenvalue weighted by atomic mass is 10.1. The number of nitrogens with one attached hydrogen (secondary N) is 2. The lowest BCUT2D eigenvalue weighted by molar-refractivity contribution is -0.115. The fraction of sp³-hybridized carbons (Fsp3) is 0.385. The number of hydrogen-bond acceptors (Lipinski definition) is 3. The second kappa shape index (κ2) is 6.02. The van der Waals surface area contributed by atoms with Gasteiger partial charge in [0.25, 0.3) is 0 Å². The molecule has 0 atom stereocenters. The highest BCUT2D eigenvalue weighted by molar-refractivity contribution is 5.93. The highest BCUT2D eigenvalue weighted by Crippen LogP contribution is 2.17. The molecular formula is C13H17N3O. The van der Waals surface area contributed by atoms with Gasteiger partial charge in [-0.1, -0.05) is 26.0 Å². The Morgan fingerprint density at radius 2 is 2.18 bits per heavy atom. The maximum atomic E-state index is 11.6. The van der Waals surface area contributed by atoms with E-state index in [0.29, 0.717) is 11.3 Å². The Labute approximate surface area is 102 Å². The molecule has 4 nitrogen and oxygen atoms in total. The molecule has 0 spiro atoms. The van der Waals surface area contributed by atoms with Gasteiger partial charge in [-0.2, -0.15) is 5.26 Å². The molecule has 17 heavy (non-hydrogen) atoms. The molecular weight excluding hydrogens is 214 g/mol. The van der Waals surface area contributed by atoms with Gasteiger partial charge < -0.3 is 10.6 Å². The molecule has 0 bridgehead atoms. The summed E-state index contributed by atoms with van der Waals surface area (Å²) in [5.41, 5.74) is 1.95. The molecule has 0 saturated carbocycles. The molecule has 0 aliphatic rings. The van der Waals surface area contributed by atoms with Crippen LogP contribution in [0.25, 0.3) is 0 Å². The van der Waals surface area contributed by atoms with Gasteiger partial charge in [0.15, 0.2) is 0 Å². The van der Waals surface area contributed by atoms with Gasteiger partial charge in [0, 0.05) is 6.04 Å². The van der Waals surface area contributed by atoms with Crippen molar-refractivity contribution in [2.24, 2.45) is 0 Å². The summed E-state index contributed by atoms with van der Waals surface area (Å²) in [6.45, 7) is 6.04. The average molecular weight is 231 g/mol. The maximum Gasteiger partial charge on any atom is 0.238 e. The van der Waals surface area contributed by atoms with Gasteiger partial charge in [0.2, 0.25) is 5.91 Å². The lowest BCUT2D eigenvalue weighted by Crippen LogP contribution is -2.32. The van der Waals surface area contributed by atoms with Crippen molar-refractivity contribution in [1.82, 2.24) is 5.32 Å². The predicted molar refractivity (Wildman–Crippen MR) is 67.7 cm³/mol. The molecule has 0 aliphatic carbocycles. The van der Waals surface area contributed by atoms with Gasteiger partial charge >= 0.3 is 0 Å². The first kappa shape index (κ1) is 13.2. The summed E-state index contributed by atoms with van der Waals surface area (Å²) in [7, 11) is 0. The number of carbonyl (C=O) groups excluding carboxylic acids is 1. The van der Waals surface area contributed by atoms with Crippen molar-refractivity contribution < 1.29 is 4.79 Å². The summed E-state index contributed by atoms with van der Waals surface area (Å²) in [6, 6.07) is 7.76. The van der Waals surface area contributed by atoms with Crippen molar-refractivity contribution in [3.8, 4) is 6.07 Å². The Hall–Kier alpha value is -1.86. The monoisotopic (exact) mass is 231 g/mol. The summed E-state index contributed by atoms with van der Waals surface area (Å²) in [6.07, 6.45) is 0. The van der Waals surface area contributed by atoms with Gasteiger partial charge in [0.05, 0.1) is 17.8 Å². The van der Waals surface area contributed by atoms with Gasteiger partial charge in [0.1, 0.15) is 6.07 Å². The summed E-state index contributed by atoms with van der Waals surface area (Å²) >= 11 is 0. The van der Waals surface area contributed by atoms with Crippen LogP contribution in [0.3, 0.4) is 0 Å². The molecule has 4 heteroatoms. The Bertz CT molecular complexity index is 446. The quantitative estimate of drug-likeness (QED) is 0.830. The van der Waals surface area contributed by atoms with Gasteiger partial charge in [-0.05, 0) is 18.6 Å². The first-order chi connectivity index (χ1) is 8.04. The van der Waals surface area contributed by atoms with E-state index in [0.717, 1.165) is 5.56 Å². The minimum atomic E-state index is -0.138. The highest BCUT2D eigenvalue weighted by atomic mass is 16.1. The van der Waals surface area contributed by atoms with Crippen LogP contribution in [0.2, 0.25) is 0 Å². The number of nitrogens with zero attached hydrogens (tertiary/aromatic N) is 1. The predicted octanol–water partition coefficient (Wildman–Crippen LogP) is 1.80. The van der Waals surface area contributed by atoms with E-state index in [4.69, 9.17) is 5.26 Å². The van der Waals surface area contributed by atoms with Crippen LogP contribution in [0.1, 0.15) is 25.0 Å². The molecule has 0 saturated heterocycles. The topological polar surface area (TPSA) is 64.9 Å². The number of carbonyl (C=O) groups is 1. The van der Waals surface area contributed by atoms with Crippen molar-refractivity contribution in [3.63, 3.8) is 0 Å². The van der Waals surface area contributed by atoms with Gasteiger partial charge in [-0.15, -0.1) is 0 Å². The molecule has 0 unspecified atom stereocenters. The third kappa shape index (κ3) is 3.89. The third-order valence-electron chi connectivity index (χ3n) is 2.33. The van der Waals surface area contributed by atoms with Crippen molar-refractivity contribution in [1.29, 1.82) is 5.26 Å². The van der Waals surface area contributed by atoms with Crippen molar-refractivity contribution in [3.05, 3.63) is 29.3 Å². The zero-order valence-corrected chi connectivity index (χ0v) is 10.4. The Balaban J connectivity index is 2.72. The van der Waals surface area contributed by atoms with E-state index in [1.165, 1.54) is 0 Å². The minimum absolute atomic E-state index is 0.138. The van der Waals surface area contributed by atoms with E-state index in [1.54, 1.807) is 6.07 Å². The Kier molecular flexibility index (Phi) is 4.68. The summed E-state index contributed by atoms with van der Waals surface area (Å²) in [4.78, 5) is 11.6. The van der Waals surface area contributed by atoms with E-state index < -0.39 is 0 Å². The number of nitriles is 1. The number of rotatable bonds is 4. The highest BCUT2D eigenvalue weighted by Gasteiger charge is 2.08. The number of amides is 1. The standard InChI is InChI=1S/C13H17N3O/c1-9(2)15-8-13(17)16-12-6-4-5-10(3)11(12)7-14/h4-6,9,15H,8H2,1-3H3,(H,16,17). The summed E-state index contributed by atoms with van der Waals surface area (Å²) in [5, 5.41) is 14.8. The van der Waals surface area contributed by atoms with Crippen molar-refractivity contribution >= 4 is 11.6 Å². The number of hydrogen-bond donors (Lipinski definition) is 2. The van der Waals surface area contributed by atoms with Crippen LogP contribution >= 0.6 is 0 Å². The SMILES string of the molecule is Cc1cccc(NC(=O)CNC(C)C)c1C#N. The molecule has 1 amide bonds. The molecule has 0 aromatic heterocycles. The fourth-order valence-electron chi connectivity index (χ4n) is 1.41. The Morgan fingerprint density at radius 3 is 2.76 bits per heavy atom. The first-order valence-corrected chi connectivity index (χ1v) is 5.57. The van der Waals surface area contributed by atoms with E-state index >= 15 is 0 Å². The average Bonchev–Trinajstić information content (AvgIpc) is 2.27. The van der Waals surface area contributed by atoms with Crippen molar-refractivity contribution in [2.75, 3.05) is 11.9 Å². The fourth-order valence-corrected chi connectivity index (χ4v) is 1.41. The lowest BCUT2D eigenvalue weighted by Gasteiger charge is -2.10. The third-order valence-corrected chi connectivity index (χ3v) is 2.33. The summed E-state index contributed by atoms with van der Waals surface area (Å²) in [5.74, 6) is -0.138. The summed E-state index contributed by atoms with van der Waals surface area (Å²) < 4.78 is 0. The van der Waals surface area contributed by atoms with Crippen LogP contribution in [0.4, 0.5) is 5.69 Å². The molecule has 0 heterocycles. The number of anilines is 1. The van der Waals surface area contributed by atoms with Crippen LogP contribution in [0, 0.1) is 18.3 Å². The van der Waals surface area contributed by atoms with Gasteiger partial charge in [-0.3, -0.25) is 4.79 Å². The Morgan fingerprint density at radius 1 is 1.47 bits per heavy atom. The van der Waals surface area contributed by atoms with Crippen LogP contribution in [0.15, 0.2) is 18.2 Å². The van der Waals surface area contributed by atoms with Crippen LogP contribution in [-0.2, 0) is 4.79 Å². The molecule has 1 aromatic rings. The normalized spacial score (nSPS) is 10.1. The zero-order valence-electron chi connectivity index (χ0n) is 10.4. The smallest absolute Gasteiger partial charge is 0.238 e. The molecule has 0 radical (unpaired) electrons. The van der Waals surface area contributed by atoms with Crippen LogP contribution in [0.5, 0.6) is 0 Å². The second-order valence-corrected chi connectivity index (χ2v) is 4.19. The van der Waals surface area contributed by atoms with E-state index in [9.17, 15) is 4.79 Å². The molecule has 2 N–H and O–H groups in total. The second-order valence-electron chi connectivity index (χ2n) is 4.19. The van der Waals surface area contributed by atoms with Crippen molar-refractivity contribution in [2.45, 2.75) is 26.8 Å². The molecule has 1 aromatic carbocycles. The van der Waals surface area contributed by atoms with Crippen LogP contribution < -0.4 is 10.6 Å². The largest absolute Gasteiger partial charge is 0.324 e. The van der Waals surface area contributed by atoms with E-state index in [2.05, 4.69) is 16.7 Å². The maximum absolute atomic E-state index is 11.6. The first-order valence-electron chi connectivity index (χ1n) is 5.57. The van der Waals surface area contributed by atoms with E-state index in [-0.39, 0.29) is 18.5 Å². The molecule has 0 aliphatic heterocycles. The molecule has 90 valence electrons. The minimum Gasteiger partial charge on any atom is -0.324 e. The zero-order chi connectivity index (χ0) is 12.8. The van der Waals surface area contributed by atoms with Crippen LogP contribution in [-0.4, -0.2) is 18.5 Å². The number of aryl methyl sites for hydroxylation is 1. The number of benzene rings is 1. The molecule has 0 fully saturated rings.